The fourth-order valence-corrected chi connectivity index (χ4v) is 1.46. The molecule has 0 rings (SSSR count). The van der Waals surface area contributed by atoms with Crippen molar-refractivity contribution in [3.8, 4) is 0 Å². The van der Waals surface area contributed by atoms with E-state index in [1.807, 2.05) is 12.2 Å². The molecular formula is C13H22N2O4. The quantitative estimate of drug-likeness (QED) is 0.613. The van der Waals surface area contributed by atoms with E-state index >= 15 is 0 Å². The molecule has 3 amide bonds. The van der Waals surface area contributed by atoms with Gasteiger partial charge in [0.1, 0.15) is 0 Å². The fourth-order valence-electron chi connectivity index (χ4n) is 1.46. The van der Waals surface area contributed by atoms with Crippen LogP contribution in [0, 0.1) is 5.92 Å². The van der Waals surface area contributed by atoms with E-state index in [1.165, 1.54) is 0 Å². The summed E-state index contributed by atoms with van der Waals surface area (Å²) in [4.78, 5) is 32.7. The molecule has 6 nitrogen and oxygen atoms in total. The number of urea groups is 1. The molecule has 108 valence electrons. The number of hydrogen-bond donors (Lipinski definition) is 3. The molecule has 0 heterocycles. The minimum atomic E-state index is -1.24. The zero-order chi connectivity index (χ0) is 14.8. The minimum Gasteiger partial charge on any atom is -0.478 e. The Balaban J connectivity index is 3.90. The summed E-state index contributed by atoms with van der Waals surface area (Å²) in [5.74, 6) is -1.37. The van der Waals surface area contributed by atoms with Gasteiger partial charge in [0.15, 0.2) is 0 Å². The summed E-state index contributed by atoms with van der Waals surface area (Å²) in [7, 11) is 0. The summed E-state index contributed by atoms with van der Waals surface area (Å²) >= 11 is 0. The lowest BCUT2D eigenvalue weighted by Crippen LogP contribution is -2.43. The Morgan fingerprint density at radius 2 is 1.74 bits per heavy atom. The molecule has 0 aliphatic rings. The highest BCUT2D eigenvalue weighted by Gasteiger charge is 2.09. The average Bonchev–Trinajstić information content (AvgIpc) is 2.25. The summed E-state index contributed by atoms with van der Waals surface area (Å²) in [5.41, 5.74) is 0. The van der Waals surface area contributed by atoms with Gasteiger partial charge in [-0.15, -0.1) is 0 Å². The second-order valence-corrected chi connectivity index (χ2v) is 4.86. The number of imide groups is 1. The molecule has 0 bridgehead atoms. The molecule has 0 saturated carbocycles. The first-order valence-electron chi connectivity index (χ1n) is 6.33. The van der Waals surface area contributed by atoms with Crippen LogP contribution in [0.2, 0.25) is 0 Å². The molecule has 0 spiro atoms. The third-order valence-corrected chi connectivity index (χ3v) is 2.41. The van der Waals surface area contributed by atoms with Crippen molar-refractivity contribution in [1.29, 1.82) is 0 Å². The van der Waals surface area contributed by atoms with Crippen molar-refractivity contribution >= 4 is 17.9 Å². The lowest BCUT2D eigenvalue weighted by molar-refractivity contribution is -0.131. The largest absolute Gasteiger partial charge is 0.478 e. The maximum absolute atomic E-state index is 11.4. The van der Waals surface area contributed by atoms with E-state index < -0.39 is 17.9 Å². The van der Waals surface area contributed by atoms with Crippen LogP contribution in [0.15, 0.2) is 12.2 Å². The molecule has 0 aliphatic heterocycles. The van der Waals surface area contributed by atoms with Gasteiger partial charge in [0.05, 0.1) is 0 Å². The Morgan fingerprint density at radius 1 is 1.11 bits per heavy atom. The van der Waals surface area contributed by atoms with Crippen molar-refractivity contribution < 1.29 is 19.5 Å². The smallest absolute Gasteiger partial charge is 0.328 e. The van der Waals surface area contributed by atoms with Crippen molar-refractivity contribution in [3.63, 3.8) is 0 Å². The third-order valence-electron chi connectivity index (χ3n) is 2.41. The van der Waals surface area contributed by atoms with E-state index in [-0.39, 0.29) is 6.04 Å². The highest BCUT2D eigenvalue weighted by Crippen LogP contribution is 2.07. The SMILES string of the molecule is CC(C)CCCC(C)NC(=O)NC(=O)C=CC(=O)O. The van der Waals surface area contributed by atoms with Gasteiger partial charge in [-0.05, 0) is 19.3 Å². The van der Waals surface area contributed by atoms with Gasteiger partial charge in [-0.25, -0.2) is 9.59 Å². The van der Waals surface area contributed by atoms with Crippen molar-refractivity contribution in [1.82, 2.24) is 10.6 Å². The molecule has 0 fully saturated rings. The average molecular weight is 270 g/mol. The van der Waals surface area contributed by atoms with Crippen molar-refractivity contribution in [2.24, 2.45) is 5.92 Å². The summed E-state index contributed by atoms with van der Waals surface area (Å²) in [6.45, 7) is 6.13. The molecule has 0 radical (unpaired) electrons. The van der Waals surface area contributed by atoms with Gasteiger partial charge in [-0.3, -0.25) is 10.1 Å². The van der Waals surface area contributed by atoms with Gasteiger partial charge >= 0.3 is 12.0 Å². The Morgan fingerprint density at radius 3 is 2.26 bits per heavy atom. The van der Waals surface area contributed by atoms with Crippen molar-refractivity contribution in [3.05, 3.63) is 12.2 Å². The molecule has 1 atom stereocenters. The van der Waals surface area contributed by atoms with Gasteiger partial charge in [-0.1, -0.05) is 26.7 Å². The minimum absolute atomic E-state index is 0.0324. The van der Waals surface area contributed by atoms with E-state index in [0.717, 1.165) is 25.3 Å². The van der Waals surface area contributed by atoms with Gasteiger partial charge in [0.25, 0.3) is 5.91 Å². The van der Waals surface area contributed by atoms with Gasteiger partial charge in [0.2, 0.25) is 0 Å². The topological polar surface area (TPSA) is 95.5 Å². The van der Waals surface area contributed by atoms with Crippen LogP contribution in [0.1, 0.15) is 40.0 Å². The Hall–Kier alpha value is -1.85. The van der Waals surface area contributed by atoms with E-state index in [0.29, 0.717) is 12.0 Å². The van der Waals surface area contributed by atoms with Gasteiger partial charge in [0, 0.05) is 18.2 Å². The number of rotatable bonds is 7. The maximum atomic E-state index is 11.4. The van der Waals surface area contributed by atoms with Crippen LogP contribution in [0.5, 0.6) is 0 Å². The van der Waals surface area contributed by atoms with Crippen LogP contribution in [0.4, 0.5) is 4.79 Å². The molecule has 0 aromatic heterocycles. The number of carboxylic acid groups (broad SMARTS) is 1. The molecule has 0 aromatic carbocycles. The summed E-state index contributed by atoms with van der Waals surface area (Å²) in [6, 6.07) is -0.646. The Labute approximate surface area is 113 Å². The second-order valence-electron chi connectivity index (χ2n) is 4.86. The molecule has 19 heavy (non-hydrogen) atoms. The Bertz CT molecular complexity index is 351. The van der Waals surface area contributed by atoms with Crippen LogP contribution >= 0.6 is 0 Å². The van der Waals surface area contributed by atoms with Crippen molar-refractivity contribution in [2.45, 2.75) is 46.1 Å². The van der Waals surface area contributed by atoms with E-state index in [1.54, 1.807) is 0 Å². The standard InChI is InChI=1S/C13H22N2O4/c1-9(2)5-4-6-10(3)14-13(19)15-11(16)7-8-12(17)18/h7-10H,4-6H2,1-3H3,(H,17,18)(H2,14,15,16,19). The predicted octanol–water partition coefficient (Wildman–Crippen LogP) is 1.67. The van der Waals surface area contributed by atoms with E-state index in [2.05, 4.69) is 19.2 Å². The maximum Gasteiger partial charge on any atom is 0.328 e. The molecule has 0 aromatic rings. The number of nitrogens with one attached hydrogen (secondary N) is 2. The van der Waals surface area contributed by atoms with Crippen LogP contribution in [0.3, 0.4) is 0 Å². The van der Waals surface area contributed by atoms with Crippen molar-refractivity contribution in [2.75, 3.05) is 0 Å². The molecule has 6 heteroatoms. The highest BCUT2D eigenvalue weighted by molar-refractivity contribution is 6.02. The fraction of sp³-hybridized carbons (Fsp3) is 0.615. The third kappa shape index (κ3) is 11.0. The molecular weight excluding hydrogens is 248 g/mol. The first-order valence-corrected chi connectivity index (χ1v) is 6.33. The lowest BCUT2D eigenvalue weighted by Gasteiger charge is -2.14. The van der Waals surface area contributed by atoms with Crippen LogP contribution in [-0.2, 0) is 9.59 Å². The number of aliphatic carboxylic acids is 1. The zero-order valence-electron chi connectivity index (χ0n) is 11.6. The van der Waals surface area contributed by atoms with E-state index in [4.69, 9.17) is 5.11 Å². The van der Waals surface area contributed by atoms with Gasteiger partial charge < -0.3 is 10.4 Å². The summed E-state index contributed by atoms with van der Waals surface area (Å²) in [5, 5.41) is 13.0. The molecule has 1 unspecified atom stereocenters. The predicted molar refractivity (Wildman–Crippen MR) is 71.6 cm³/mol. The lowest BCUT2D eigenvalue weighted by atomic mass is 10.0. The number of carboxylic acids is 1. The second kappa shape index (κ2) is 9.13. The van der Waals surface area contributed by atoms with Crippen LogP contribution < -0.4 is 10.6 Å². The first-order chi connectivity index (χ1) is 8.81. The highest BCUT2D eigenvalue weighted by atomic mass is 16.4. The molecule has 0 aliphatic carbocycles. The number of carbonyl (C=O) groups excluding carboxylic acids is 2. The van der Waals surface area contributed by atoms with Crippen LogP contribution in [0.25, 0.3) is 0 Å². The normalized spacial score (nSPS) is 12.4. The van der Waals surface area contributed by atoms with Gasteiger partial charge in [-0.2, -0.15) is 0 Å². The first kappa shape index (κ1) is 17.2. The monoisotopic (exact) mass is 270 g/mol. The Kier molecular flexibility index (Phi) is 8.24. The molecule has 3 N–H and O–H groups in total. The summed E-state index contributed by atoms with van der Waals surface area (Å²) in [6.07, 6.45) is 4.41. The van der Waals surface area contributed by atoms with E-state index in [9.17, 15) is 14.4 Å². The molecule has 0 saturated heterocycles. The number of amides is 3. The summed E-state index contributed by atoms with van der Waals surface area (Å²) < 4.78 is 0. The number of hydrogen-bond acceptors (Lipinski definition) is 3. The van der Waals surface area contributed by atoms with Crippen LogP contribution in [-0.4, -0.2) is 29.1 Å². The zero-order valence-corrected chi connectivity index (χ0v) is 11.6. The number of carbonyl (C=O) groups is 3.